The first-order valence-corrected chi connectivity index (χ1v) is 11.3. The second-order valence-corrected chi connectivity index (χ2v) is 9.43. The lowest BCUT2D eigenvalue weighted by molar-refractivity contribution is -0.00546. The largest absolute Gasteiger partial charge is 0.379 e. The van der Waals surface area contributed by atoms with Crippen LogP contribution in [0, 0.1) is 11.8 Å². The summed E-state index contributed by atoms with van der Waals surface area (Å²) < 4.78 is 9.70. The van der Waals surface area contributed by atoms with Crippen LogP contribution < -0.4 is 0 Å². The molecule has 1 aromatic carbocycles. The zero-order valence-corrected chi connectivity index (χ0v) is 18.0. The van der Waals surface area contributed by atoms with Crippen molar-refractivity contribution >= 4 is 16.8 Å². The van der Waals surface area contributed by atoms with E-state index in [9.17, 15) is 4.79 Å². The van der Waals surface area contributed by atoms with Crippen LogP contribution in [0.25, 0.3) is 10.9 Å². The van der Waals surface area contributed by atoms with E-state index in [4.69, 9.17) is 4.74 Å². The Balaban J connectivity index is 1.22. The Labute approximate surface area is 181 Å². The molecule has 2 aromatic heterocycles. The molecule has 31 heavy (non-hydrogen) atoms. The van der Waals surface area contributed by atoms with Crippen LogP contribution in [0.1, 0.15) is 53.8 Å². The second kappa shape index (κ2) is 7.15. The number of fused-ring (bicyclic) bond motifs is 2. The van der Waals surface area contributed by atoms with Gasteiger partial charge in [0.05, 0.1) is 23.4 Å². The molecule has 0 unspecified atom stereocenters. The molecule has 0 bridgehead atoms. The molecular formula is C23H28N6O2. The standard InChI is InChI=1S/C23H28N6O2/c1-27-19-6-4-3-5-17(19)22(25-27)23(30)28-11-15-9-20(21(31-2)10-16(15)12-28)29-13-18(24-26-29)14-7-8-14/h3-6,13-16,20-21H,7-12H2,1-2H3/t15-,16+,20-,21-/m1/s1. The number of aromatic nitrogens is 5. The Morgan fingerprint density at radius 1 is 1.13 bits per heavy atom. The number of ether oxygens (including phenoxy) is 1. The third kappa shape index (κ3) is 3.15. The average molecular weight is 421 g/mol. The van der Waals surface area contributed by atoms with E-state index in [-0.39, 0.29) is 18.1 Å². The van der Waals surface area contributed by atoms with E-state index < -0.39 is 0 Å². The highest BCUT2D eigenvalue weighted by Crippen LogP contribution is 2.44. The summed E-state index contributed by atoms with van der Waals surface area (Å²) in [7, 11) is 3.68. The van der Waals surface area contributed by atoms with Gasteiger partial charge in [-0.05, 0) is 43.6 Å². The molecule has 3 fully saturated rings. The Kier molecular flexibility index (Phi) is 4.38. The molecule has 0 radical (unpaired) electrons. The SMILES string of the molecule is CO[C@@H]1C[C@H]2CN(C(=O)c3nn(C)c4ccccc34)C[C@H]2C[C@H]1n1cc(C2CC2)nn1. The Morgan fingerprint density at radius 2 is 1.90 bits per heavy atom. The van der Waals surface area contributed by atoms with E-state index in [0.29, 0.717) is 23.4 Å². The van der Waals surface area contributed by atoms with Gasteiger partial charge in [0, 0.05) is 44.7 Å². The van der Waals surface area contributed by atoms with Crippen molar-refractivity contribution in [2.24, 2.45) is 18.9 Å². The molecule has 8 nitrogen and oxygen atoms in total. The molecule has 6 rings (SSSR count). The number of likely N-dealkylation sites (tertiary alicyclic amines) is 1. The van der Waals surface area contributed by atoms with Crippen LogP contribution >= 0.6 is 0 Å². The predicted octanol–water partition coefficient (Wildman–Crippen LogP) is 2.78. The lowest BCUT2D eigenvalue weighted by Crippen LogP contribution is -2.37. The van der Waals surface area contributed by atoms with E-state index >= 15 is 0 Å². The summed E-state index contributed by atoms with van der Waals surface area (Å²) in [6.45, 7) is 1.54. The van der Waals surface area contributed by atoms with Crippen LogP contribution in [-0.4, -0.2) is 61.9 Å². The summed E-state index contributed by atoms with van der Waals surface area (Å²) in [6, 6.07) is 8.11. The fraction of sp³-hybridized carbons (Fsp3) is 0.565. The summed E-state index contributed by atoms with van der Waals surface area (Å²) in [5.74, 6) is 1.53. The molecule has 1 saturated heterocycles. The van der Waals surface area contributed by atoms with Crippen LogP contribution in [0.4, 0.5) is 0 Å². The van der Waals surface area contributed by atoms with E-state index in [1.807, 2.05) is 40.9 Å². The summed E-state index contributed by atoms with van der Waals surface area (Å²) in [6.07, 6.45) is 6.57. The number of hydrogen-bond acceptors (Lipinski definition) is 5. The van der Waals surface area contributed by atoms with Crippen molar-refractivity contribution in [2.45, 2.75) is 43.7 Å². The van der Waals surface area contributed by atoms with Gasteiger partial charge >= 0.3 is 0 Å². The maximum Gasteiger partial charge on any atom is 0.275 e. The lowest BCUT2D eigenvalue weighted by atomic mass is 9.77. The van der Waals surface area contributed by atoms with Crippen LogP contribution in [0.3, 0.4) is 0 Å². The Morgan fingerprint density at radius 3 is 2.68 bits per heavy atom. The zero-order chi connectivity index (χ0) is 21.1. The molecule has 3 heterocycles. The monoisotopic (exact) mass is 420 g/mol. The molecule has 3 aliphatic rings. The first kappa shape index (κ1) is 19.0. The number of carbonyl (C=O) groups is 1. The quantitative estimate of drug-likeness (QED) is 0.649. The van der Waals surface area contributed by atoms with E-state index in [2.05, 4.69) is 21.6 Å². The van der Waals surface area contributed by atoms with Crippen molar-refractivity contribution in [3.8, 4) is 0 Å². The van der Waals surface area contributed by atoms with Gasteiger partial charge in [-0.1, -0.05) is 23.4 Å². The third-order valence-corrected chi connectivity index (χ3v) is 7.50. The highest BCUT2D eigenvalue weighted by atomic mass is 16.5. The molecule has 0 N–H and O–H groups in total. The molecular weight excluding hydrogens is 392 g/mol. The van der Waals surface area contributed by atoms with Gasteiger partial charge in [-0.15, -0.1) is 5.10 Å². The van der Waals surface area contributed by atoms with Crippen molar-refractivity contribution in [1.29, 1.82) is 0 Å². The van der Waals surface area contributed by atoms with Crippen LogP contribution in [0.5, 0.6) is 0 Å². The van der Waals surface area contributed by atoms with Crippen molar-refractivity contribution in [3.05, 3.63) is 41.9 Å². The molecule has 0 spiro atoms. The normalized spacial score (nSPS) is 28.3. The number of nitrogens with zero attached hydrogens (tertiary/aromatic N) is 6. The molecule has 3 aromatic rings. The van der Waals surface area contributed by atoms with E-state index in [1.54, 1.807) is 11.8 Å². The van der Waals surface area contributed by atoms with Gasteiger partial charge in [0.2, 0.25) is 0 Å². The number of rotatable bonds is 4. The smallest absolute Gasteiger partial charge is 0.275 e. The summed E-state index contributed by atoms with van der Waals surface area (Å²) in [4.78, 5) is 15.4. The molecule has 8 heteroatoms. The number of carbonyl (C=O) groups excluding carboxylic acids is 1. The van der Waals surface area contributed by atoms with Crippen molar-refractivity contribution < 1.29 is 9.53 Å². The fourth-order valence-electron chi connectivity index (χ4n) is 5.63. The third-order valence-electron chi connectivity index (χ3n) is 7.50. The van der Waals surface area contributed by atoms with Crippen LogP contribution in [0.2, 0.25) is 0 Å². The maximum atomic E-state index is 13.4. The number of methoxy groups -OCH3 is 1. The number of aryl methyl sites for hydroxylation is 1. The first-order valence-electron chi connectivity index (χ1n) is 11.3. The predicted molar refractivity (Wildman–Crippen MR) is 115 cm³/mol. The molecule has 4 atom stereocenters. The second-order valence-electron chi connectivity index (χ2n) is 9.43. The first-order chi connectivity index (χ1) is 15.1. The van der Waals surface area contributed by atoms with Gasteiger partial charge in [0.1, 0.15) is 0 Å². The Hall–Kier alpha value is -2.74. The topological polar surface area (TPSA) is 78.1 Å². The Bertz CT molecular complexity index is 1130. The maximum absolute atomic E-state index is 13.4. The highest BCUT2D eigenvalue weighted by molar-refractivity contribution is 6.04. The highest BCUT2D eigenvalue weighted by Gasteiger charge is 2.45. The number of benzene rings is 1. The number of amides is 1. The van der Waals surface area contributed by atoms with Crippen LogP contribution in [-0.2, 0) is 11.8 Å². The molecule has 162 valence electrons. The summed E-state index contributed by atoms with van der Waals surface area (Å²) in [5, 5.41) is 14.3. The van der Waals surface area contributed by atoms with Crippen LogP contribution in [0.15, 0.2) is 30.5 Å². The van der Waals surface area contributed by atoms with Gasteiger partial charge in [0.15, 0.2) is 5.69 Å². The zero-order valence-electron chi connectivity index (χ0n) is 18.0. The van der Waals surface area contributed by atoms with E-state index in [0.717, 1.165) is 42.5 Å². The molecule has 2 saturated carbocycles. The van der Waals surface area contributed by atoms with Gasteiger partial charge in [0.25, 0.3) is 5.91 Å². The minimum atomic E-state index is 0.0356. The van der Waals surface area contributed by atoms with E-state index in [1.165, 1.54) is 12.8 Å². The van der Waals surface area contributed by atoms with Gasteiger partial charge < -0.3 is 9.64 Å². The van der Waals surface area contributed by atoms with Crippen molar-refractivity contribution in [2.75, 3.05) is 20.2 Å². The number of hydrogen-bond donors (Lipinski definition) is 0. The lowest BCUT2D eigenvalue weighted by Gasteiger charge is -2.36. The summed E-state index contributed by atoms with van der Waals surface area (Å²) >= 11 is 0. The average Bonchev–Trinajstić information content (AvgIpc) is 3.23. The molecule has 1 aliphatic heterocycles. The van der Waals surface area contributed by atoms with Gasteiger partial charge in [-0.2, -0.15) is 5.10 Å². The minimum Gasteiger partial charge on any atom is -0.379 e. The fourth-order valence-corrected chi connectivity index (χ4v) is 5.63. The van der Waals surface area contributed by atoms with Crippen molar-refractivity contribution in [3.63, 3.8) is 0 Å². The molecule has 1 amide bonds. The van der Waals surface area contributed by atoms with Gasteiger partial charge in [-0.25, -0.2) is 4.68 Å². The molecule has 2 aliphatic carbocycles. The number of para-hydroxylation sites is 1. The minimum absolute atomic E-state index is 0.0356. The summed E-state index contributed by atoms with van der Waals surface area (Å²) in [5.41, 5.74) is 2.66. The van der Waals surface area contributed by atoms with Gasteiger partial charge in [-0.3, -0.25) is 9.48 Å². The van der Waals surface area contributed by atoms with Crippen molar-refractivity contribution in [1.82, 2.24) is 29.7 Å².